The van der Waals surface area contributed by atoms with Crippen molar-refractivity contribution in [1.82, 2.24) is 0 Å². The van der Waals surface area contributed by atoms with E-state index in [1.54, 1.807) is 6.07 Å². The molecule has 0 bridgehead atoms. The molecular formula is C13H7N5O4. The van der Waals surface area contributed by atoms with Gasteiger partial charge in [-0.1, -0.05) is 6.07 Å². The number of nitriles is 3. The standard InChI is InChI=1S/C13H7N5O4/c1-22-13(19)12-9(3-2-4-11(12)18(20)21)17-10(7-16)8(5-14)6-15/h2-4,17H,1H3. The van der Waals surface area contributed by atoms with Crippen molar-refractivity contribution in [3.8, 4) is 18.2 Å². The van der Waals surface area contributed by atoms with Gasteiger partial charge in [0.2, 0.25) is 0 Å². The Hall–Kier alpha value is -3.90. The first-order valence-electron chi connectivity index (χ1n) is 5.57. The maximum Gasteiger partial charge on any atom is 0.347 e. The third-order valence-electron chi connectivity index (χ3n) is 2.47. The molecule has 1 N–H and O–H groups in total. The lowest BCUT2D eigenvalue weighted by Gasteiger charge is -2.10. The number of nitrogens with zero attached hydrogens (tertiary/aromatic N) is 4. The van der Waals surface area contributed by atoms with Crippen LogP contribution in [-0.2, 0) is 4.74 Å². The van der Waals surface area contributed by atoms with Gasteiger partial charge < -0.3 is 10.1 Å². The number of hydrogen-bond donors (Lipinski definition) is 1. The van der Waals surface area contributed by atoms with Gasteiger partial charge >= 0.3 is 5.97 Å². The van der Waals surface area contributed by atoms with E-state index in [1.807, 2.05) is 0 Å². The van der Waals surface area contributed by atoms with E-state index in [0.29, 0.717) is 0 Å². The molecule has 22 heavy (non-hydrogen) atoms. The molecule has 0 aliphatic heterocycles. The van der Waals surface area contributed by atoms with Crippen LogP contribution in [0.2, 0.25) is 0 Å². The zero-order valence-electron chi connectivity index (χ0n) is 11.2. The Kier molecular flexibility index (Phi) is 5.17. The predicted molar refractivity (Wildman–Crippen MR) is 71.9 cm³/mol. The number of methoxy groups -OCH3 is 1. The fourth-order valence-electron chi connectivity index (χ4n) is 1.53. The number of carbonyl (C=O) groups excluding carboxylic acids is 1. The van der Waals surface area contributed by atoms with Gasteiger partial charge in [-0.3, -0.25) is 10.1 Å². The van der Waals surface area contributed by atoms with E-state index < -0.39 is 33.4 Å². The molecule has 0 unspecified atom stereocenters. The van der Waals surface area contributed by atoms with Crippen molar-refractivity contribution < 1.29 is 14.5 Å². The van der Waals surface area contributed by atoms with E-state index in [-0.39, 0.29) is 5.69 Å². The second-order valence-electron chi connectivity index (χ2n) is 3.66. The van der Waals surface area contributed by atoms with Crippen LogP contribution in [0.5, 0.6) is 0 Å². The van der Waals surface area contributed by atoms with Crippen LogP contribution in [0.25, 0.3) is 0 Å². The molecule has 9 heteroatoms. The molecule has 0 heterocycles. The molecule has 0 aromatic heterocycles. The summed E-state index contributed by atoms with van der Waals surface area (Å²) >= 11 is 0. The van der Waals surface area contributed by atoms with Crippen LogP contribution in [0, 0.1) is 44.1 Å². The minimum absolute atomic E-state index is 0.124. The van der Waals surface area contributed by atoms with Gasteiger partial charge in [-0.2, -0.15) is 15.8 Å². The molecule has 0 radical (unpaired) electrons. The molecule has 108 valence electrons. The molecule has 0 fully saturated rings. The molecule has 0 aliphatic carbocycles. The highest BCUT2D eigenvalue weighted by atomic mass is 16.6. The minimum atomic E-state index is -0.998. The van der Waals surface area contributed by atoms with E-state index in [1.165, 1.54) is 24.3 Å². The molecule has 1 aromatic carbocycles. The summed E-state index contributed by atoms with van der Waals surface area (Å²) in [5, 5.41) is 39.8. The van der Waals surface area contributed by atoms with Crippen molar-refractivity contribution in [2.24, 2.45) is 0 Å². The second kappa shape index (κ2) is 7.04. The van der Waals surface area contributed by atoms with E-state index in [2.05, 4.69) is 10.1 Å². The minimum Gasteiger partial charge on any atom is -0.465 e. The van der Waals surface area contributed by atoms with Crippen LogP contribution in [0.4, 0.5) is 11.4 Å². The van der Waals surface area contributed by atoms with Crippen LogP contribution in [0.3, 0.4) is 0 Å². The smallest absolute Gasteiger partial charge is 0.347 e. The van der Waals surface area contributed by atoms with Gasteiger partial charge in [0.15, 0.2) is 11.1 Å². The third kappa shape index (κ3) is 3.16. The average molecular weight is 297 g/mol. The molecule has 0 spiro atoms. The number of allylic oxidation sites excluding steroid dienone is 2. The SMILES string of the molecule is COC(=O)c1c(NC(C#N)=C(C#N)C#N)cccc1[N+](=O)[O-]. The van der Waals surface area contributed by atoms with E-state index in [9.17, 15) is 14.9 Å². The predicted octanol–water partition coefficient (Wildman–Crippen LogP) is 1.62. The normalized spacial score (nSPS) is 8.64. The lowest BCUT2D eigenvalue weighted by molar-refractivity contribution is -0.385. The first kappa shape index (κ1) is 16.2. The van der Waals surface area contributed by atoms with Crippen molar-refractivity contribution in [1.29, 1.82) is 15.8 Å². The van der Waals surface area contributed by atoms with Gasteiger partial charge in [-0.25, -0.2) is 4.79 Å². The Labute approximate surface area is 124 Å². The average Bonchev–Trinajstić information content (AvgIpc) is 2.53. The lowest BCUT2D eigenvalue weighted by atomic mass is 10.1. The highest BCUT2D eigenvalue weighted by Crippen LogP contribution is 2.28. The molecule has 0 amide bonds. The van der Waals surface area contributed by atoms with Crippen LogP contribution >= 0.6 is 0 Å². The van der Waals surface area contributed by atoms with Gasteiger partial charge in [0.25, 0.3) is 5.69 Å². The summed E-state index contributed by atoms with van der Waals surface area (Å²) in [6, 6.07) is 8.24. The van der Waals surface area contributed by atoms with Crippen LogP contribution in [0.15, 0.2) is 29.5 Å². The molecule has 0 aliphatic rings. The Balaban J connectivity index is 3.54. The molecular weight excluding hydrogens is 290 g/mol. The molecule has 1 rings (SSSR count). The van der Waals surface area contributed by atoms with E-state index >= 15 is 0 Å². The van der Waals surface area contributed by atoms with E-state index in [4.69, 9.17) is 15.8 Å². The summed E-state index contributed by atoms with van der Waals surface area (Å²) in [5.41, 5.74) is -2.04. The van der Waals surface area contributed by atoms with Gasteiger partial charge in [-0.05, 0) is 6.07 Å². The zero-order chi connectivity index (χ0) is 16.7. The quantitative estimate of drug-likeness (QED) is 0.380. The first-order valence-corrected chi connectivity index (χ1v) is 5.57. The molecule has 1 aromatic rings. The number of anilines is 1. The Bertz CT molecular complexity index is 776. The zero-order valence-corrected chi connectivity index (χ0v) is 11.2. The third-order valence-corrected chi connectivity index (χ3v) is 2.47. The van der Waals surface area contributed by atoms with Gasteiger partial charge in [0.1, 0.15) is 23.9 Å². The number of hydrogen-bond acceptors (Lipinski definition) is 8. The summed E-state index contributed by atoms with van der Waals surface area (Å²) in [5.74, 6) is -0.998. The van der Waals surface area contributed by atoms with Crippen molar-refractivity contribution in [2.75, 3.05) is 12.4 Å². The van der Waals surface area contributed by atoms with Crippen molar-refractivity contribution in [2.45, 2.75) is 0 Å². The maximum absolute atomic E-state index is 11.7. The number of carbonyl (C=O) groups is 1. The fraction of sp³-hybridized carbons (Fsp3) is 0.0769. The van der Waals surface area contributed by atoms with Crippen molar-refractivity contribution in [3.63, 3.8) is 0 Å². The first-order chi connectivity index (χ1) is 10.5. The number of ether oxygens (including phenoxy) is 1. The number of nitro benzene ring substituents is 1. The molecule has 0 saturated carbocycles. The number of nitrogens with one attached hydrogen (secondary N) is 1. The topological polar surface area (TPSA) is 153 Å². The van der Waals surface area contributed by atoms with Crippen molar-refractivity contribution >= 4 is 17.3 Å². The number of benzene rings is 1. The van der Waals surface area contributed by atoms with Crippen LogP contribution < -0.4 is 5.32 Å². The lowest BCUT2D eigenvalue weighted by Crippen LogP contribution is -2.11. The number of nitro groups is 1. The van der Waals surface area contributed by atoms with Crippen LogP contribution in [-0.4, -0.2) is 18.0 Å². The number of esters is 1. The Morgan fingerprint density at radius 1 is 1.27 bits per heavy atom. The number of rotatable bonds is 4. The summed E-state index contributed by atoms with van der Waals surface area (Å²) in [6.45, 7) is 0. The van der Waals surface area contributed by atoms with Gasteiger partial charge in [-0.15, -0.1) is 0 Å². The highest BCUT2D eigenvalue weighted by molar-refractivity contribution is 6.00. The van der Waals surface area contributed by atoms with E-state index in [0.717, 1.165) is 13.2 Å². The maximum atomic E-state index is 11.7. The summed E-state index contributed by atoms with van der Waals surface area (Å²) < 4.78 is 4.48. The molecule has 9 nitrogen and oxygen atoms in total. The van der Waals surface area contributed by atoms with Gasteiger partial charge in [0.05, 0.1) is 17.7 Å². The van der Waals surface area contributed by atoms with Gasteiger partial charge in [0, 0.05) is 6.07 Å². The highest BCUT2D eigenvalue weighted by Gasteiger charge is 2.25. The summed E-state index contributed by atoms with van der Waals surface area (Å²) in [6.07, 6.45) is 0. The van der Waals surface area contributed by atoms with Crippen LogP contribution in [0.1, 0.15) is 10.4 Å². The molecule has 0 atom stereocenters. The summed E-state index contributed by atoms with van der Waals surface area (Å²) in [7, 11) is 1.04. The Morgan fingerprint density at radius 3 is 2.36 bits per heavy atom. The summed E-state index contributed by atoms with van der Waals surface area (Å²) in [4.78, 5) is 21.9. The Morgan fingerprint density at radius 2 is 1.91 bits per heavy atom. The van der Waals surface area contributed by atoms with Crippen molar-refractivity contribution in [3.05, 3.63) is 45.1 Å². The fourth-order valence-corrected chi connectivity index (χ4v) is 1.53. The largest absolute Gasteiger partial charge is 0.465 e. The monoisotopic (exact) mass is 297 g/mol. The second-order valence-corrected chi connectivity index (χ2v) is 3.66. The molecule has 0 saturated heterocycles.